The third-order valence-corrected chi connectivity index (χ3v) is 15.8. The number of allylic oxidation sites excluding steroid dienone is 5. The number of benzene rings is 1. The first-order valence-corrected chi connectivity index (χ1v) is 24.1. The highest BCUT2D eigenvalue weighted by Crippen LogP contribution is 2.52. The van der Waals surface area contributed by atoms with E-state index < -0.39 is 24.2 Å². The Morgan fingerprint density at radius 3 is 2.10 bits per heavy atom. The maximum atomic E-state index is 11.9. The van der Waals surface area contributed by atoms with Gasteiger partial charge in [-0.25, -0.2) is 0 Å². The minimum absolute atomic E-state index is 0.0274. The van der Waals surface area contributed by atoms with E-state index in [4.69, 9.17) is 13.2 Å². The number of aryl methyl sites for hydroxylation is 1. The van der Waals surface area contributed by atoms with Gasteiger partial charge in [-0.1, -0.05) is 81.4 Å². The molecule has 0 aliphatic heterocycles. The average Bonchev–Trinajstić information content (AvgIpc) is 3.76. The SMILES string of the molecule is C=C(C)CC(CCC(C)C(=C)C)c1cc(C)c(C)c(C(=C)CC(C(=C)CCC)C(CC2CC(CCO)C(O)C(C)C2CC2CC(CO)C(O)C(CC(=C)C)C2O)c2ccc[nH]2)c1. The van der Waals surface area contributed by atoms with Crippen molar-refractivity contribution >= 4 is 5.57 Å². The van der Waals surface area contributed by atoms with Crippen molar-refractivity contribution in [1.82, 2.24) is 4.98 Å². The summed E-state index contributed by atoms with van der Waals surface area (Å²) in [5.41, 5.74) is 12.0. The molecule has 1 heterocycles. The molecule has 62 heavy (non-hydrogen) atoms. The van der Waals surface area contributed by atoms with Crippen LogP contribution in [0.4, 0.5) is 0 Å². The topological polar surface area (TPSA) is 117 Å². The van der Waals surface area contributed by atoms with Crippen molar-refractivity contribution in [2.45, 2.75) is 163 Å². The fraction of sp³-hybridized carbons (Fsp3) is 0.643. The standard InChI is InChI=1S/C56H87NO5/c1-14-16-37(9)49(26-39(11)48-29-44(25-38(10)40(48)12)42(23-33(2)3)19-18-36(8)35(6)7)51(53-17-15-21-57-53)30-45-27-43(20-22-58)54(60)41(13)50(45)31-46-28-47(32-59)56(62)52(55(46)61)24-34(4)5/h15,17,21,25,29,36,41-43,45-47,49-52,54-62H,2,4,6,9,11,14,16,18-20,22-24,26-28,30-32H2,1,3,5,7-8,10,12-13H3. The Morgan fingerprint density at radius 1 is 0.839 bits per heavy atom. The number of aromatic nitrogens is 1. The molecule has 1 aromatic heterocycles. The van der Waals surface area contributed by atoms with Gasteiger partial charge in [-0.05, 0) is 193 Å². The maximum Gasteiger partial charge on any atom is 0.0646 e. The van der Waals surface area contributed by atoms with Gasteiger partial charge in [0, 0.05) is 42.9 Å². The minimum atomic E-state index is -0.798. The van der Waals surface area contributed by atoms with Gasteiger partial charge in [0.25, 0.3) is 0 Å². The molecule has 14 unspecified atom stereocenters. The summed E-state index contributed by atoms with van der Waals surface area (Å²) in [6, 6.07) is 9.10. The van der Waals surface area contributed by atoms with Crippen molar-refractivity contribution in [2.75, 3.05) is 13.2 Å². The predicted molar refractivity (Wildman–Crippen MR) is 261 cm³/mol. The molecular formula is C56H87NO5. The van der Waals surface area contributed by atoms with Crippen molar-refractivity contribution in [3.8, 4) is 0 Å². The van der Waals surface area contributed by atoms with Crippen LogP contribution in [0.15, 0.2) is 85.6 Å². The van der Waals surface area contributed by atoms with Crippen LogP contribution in [0.25, 0.3) is 5.57 Å². The van der Waals surface area contributed by atoms with Crippen LogP contribution in [0.2, 0.25) is 0 Å². The lowest BCUT2D eigenvalue weighted by Gasteiger charge is -2.49. The highest BCUT2D eigenvalue weighted by atomic mass is 16.3. The Morgan fingerprint density at radius 2 is 1.52 bits per heavy atom. The summed E-state index contributed by atoms with van der Waals surface area (Å²) >= 11 is 0. The van der Waals surface area contributed by atoms with Crippen molar-refractivity contribution in [1.29, 1.82) is 0 Å². The molecule has 6 N–H and O–H groups in total. The molecule has 0 bridgehead atoms. The monoisotopic (exact) mass is 854 g/mol. The van der Waals surface area contributed by atoms with E-state index in [1.807, 2.05) is 13.1 Å². The highest BCUT2D eigenvalue weighted by molar-refractivity contribution is 5.69. The summed E-state index contributed by atoms with van der Waals surface area (Å²) in [6.07, 6.45) is 9.59. The van der Waals surface area contributed by atoms with Crippen molar-refractivity contribution in [3.63, 3.8) is 0 Å². The van der Waals surface area contributed by atoms with Gasteiger partial charge in [-0.3, -0.25) is 0 Å². The van der Waals surface area contributed by atoms with Gasteiger partial charge < -0.3 is 30.5 Å². The third kappa shape index (κ3) is 13.1. The van der Waals surface area contributed by atoms with Crippen molar-refractivity contribution in [2.24, 2.45) is 53.3 Å². The number of H-pyrrole nitrogens is 1. The third-order valence-electron chi connectivity index (χ3n) is 15.8. The molecule has 0 radical (unpaired) electrons. The van der Waals surface area contributed by atoms with Crippen molar-refractivity contribution in [3.05, 3.63) is 114 Å². The molecule has 14 atom stereocenters. The molecule has 2 fully saturated rings. The molecule has 0 saturated heterocycles. The number of hydrogen-bond acceptors (Lipinski definition) is 5. The summed E-state index contributed by atoms with van der Waals surface area (Å²) in [5.74, 6) is 0.331. The van der Waals surface area contributed by atoms with Gasteiger partial charge in [0.05, 0.1) is 18.3 Å². The molecule has 0 amide bonds. The molecule has 1 aromatic carbocycles. The van der Waals surface area contributed by atoms with Crippen LogP contribution < -0.4 is 0 Å². The first kappa shape index (κ1) is 51.6. The normalized spacial score (nSPS) is 28.5. The predicted octanol–water partition coefficient (Wildman–Crippen LogP) is 12.2. The fourth-order valence-corrected chi connectivity index (χ4v) is 11.8. The number of rotatable bonds is 24. The Hall–Kier alpha value is -3.00. The molecule has 2 aliphatic rings. The van der Waals surface area contributed by atoms with E-state index in [9.17, 15) is 25.5 Å². The summed E-state index contributed by atoms with van der Waals surface area (Å²) in [4.78, 5) is 3.63. The van der Waals surface area contributed by atoms with E-state index in [0.29, 0.717) is 37.5 Å². The summed E-state index contributed by atoms with van der Waals surface area (Å²) in [6.45, 7) is 39.6. The lowest BCUT2D eigenvalue weighted by Crippen LogP contribution is -2.50. The quantitative estimate of drug-likeness (QED) is 0.0588. The molecule has 2 saturated carbocycles. The van der Waals surface area contributed by atoms with Gasteiger partial charge in [-0.2, -0.15) is 0 Å². The largest absolute Gasteiger partial charge is 0.396 e. The maximum absolute atomic E-state index is 11.9. The summed E-state index contributed by atoms with van der Waals surface area (Å²) < 4.78 is 0. The second-order valence-corrected chi connectivity index (χ2v) is 20.7. The van der Waals surface area contributed by atoms with Crippen LogP contribution in [0.5, 0.6) is 0 Å². The Labute approximate surface area is 377 Å². The average molecular weight is 854 g/mol. The lowest BCUT2D eigenvalue weighted by atomic mass is 9.58. The number of aliphatic hydroxyl groups is 5. The zero-order valence-corrected chi connectivity index (χ0v) is 40.1. The lowest BCUT2D eigenvalue weighted by molar-refractivity contribution is -0.116. The number of nitrogens with one attached hydrogen (secondary N) is 1. The number of hydrogen-bond donors (Lipinski definition) is 6. The molecule has 6 heteroatoms. The molecular weight excluding hydrogens is 767 g/mol. The fourth-order valence-electron chi connectivity index (χ4n) is 11.8. The zero-order valence-electron chi connectivity index (χ0n) is 40.1. The van der Waals surface area contributed by atoms with Crippen LogP contribution in [0.1, 0.15) is 158 Å². The van der Waals surface area contributed by atoms with Gasteiger partial charge in [0.2, 0.25) is 0 Å². The van der Waals surface area contributed by atoms with E-state index in [0.717, 1.165) is 62.5 Å². The second-order valence-electron chi connectivity index (χ2n) is 20.7. The van der Waals surface area contributed by atoms with Crippen LogP contribution in [0.3, 0.4) is 0 Å². The van der Waals surface area contributed by atoms with Crippen LogP contribution in [-0.2, 0) is 0 Å². The van der Waals surface area contributed by atoms with E-state index >= 15 is 0 Å². The molecule has 346 valence electrons. The molecule has 2 aliphatic carbocycles. The number of aliphatic hydroxyl groups excluding tert-OH is 5. The van der Waals surface area contributed by atoms with Gasteiger partial charge in [0.15, 0.2) is 0 Å². The smallest absolute Gasteiger partial charge is 0.0646 e. The van der Waals surface area contributed by atoms with Crippen LogP contribution in [0, 0.1) is 67.1 Å². The summed E-state index contributed by atoms with van der Waals surface area (Å²) in [5, 5.41) is 55.6. The van der Waals surface area contributed by atoms with Gasteiger partial charge in [-0.15, -0.1) is 13.2 Å². The Balaban J connectivity index is 1.76. The van der Waals surface area contributed by atoms with Gasteiger partial charge >= 0.3 is 0 Å². The highest BCUT2D eigenvalue weighted by Gasteiger charge is 2.48. The van der Waals surface area contributed by atoms with Crippen LogP contribution >= 0.6 is 0 Å². The van der Waals surface area contributed by atoms with E-state index in [2.05, 4.69) is 97.5 Å². The molecule has 4 rings (SSSR count). The van der Waals surface area contributed by atoms with Crippen LogP contribution in [-0.4, -0.2) is 62.0 Å². The number of aromatic amines is 1. The molecule has 6 nitrogen and oxygen atoms in total. The summed E-state index contributed by atoms with van der Waals surface area (Å²) in [7, 11) is 0. The molecule has 2 aromatic rings. The van der Waals surface area contributed by atoms with Gasteiger partial charge in [0.1, 0.15) is 0 Å². The Kier molecular flexibility index (Phi) is 19.8. The van der Waals surface area contributed by atoms with E-state index in [-0.39, 0.29) is 60.6 Å². The minimum Gasteiger partial charge on any atom is -0.396 e. The Bertz CT molecular complexity index is 1790. The molecule has 0 spiro atoms. The second kappa shape index (κ2) is 23.8. The first-order valence-electron chi connectivity index (χ1n) is 24.1. The van der Waals surface area contributed by atoms with Crippen molar-refractivity contribution < 1.29 is 25.5 Å². The zero-order chi connectivity index (χ0) is 46.0. The van der Waals surface area contributed by atoms with E-state index in [1.54, 1.807) is 0 Å². The first-order chi connectivity index (χ1) is 29.3. The van der Waals surface area contributed by atoms with E-state index in [1.165, 1.54) is 44.7 Å².